The summed E-state index contributed by atoms with van der Waals surface area (Å²) < 4.78 is 15.2. The van der Waals surface area contributed by atoms with Crippen molar-refractivity contribution in [2.75, 3.05) is 5.73 Å². The van der Waals surface area contributed by atoms with Gasteiger partial charge < -0.3 is 10.8 Å². The lowest BCUT2D eigenvalue weighted by molar-refractivity contribution is 0.113. The van der Waals surface area contributed by atoms with Crippen LogP contribution in [0.2, 0.25) is 0 Å². The number of benzene rings is 1. The third kappa shape index (κ3) is 3.12. The highest BCUT2D eigenvalue weighted by molar-refractivity contribution is 5.82. The van der Waals surface area contributed by atoms with Crippen LogP contribution < -0.4 is 5.73 Å². The Bertz CT molecular complexity index is 1170. The molecule has 3 N–H and O–H groups in total. The van der Waals surface area contributed by atoms with Crippen LogP contribution in [-0.4, -0.2) is 24.6 Å². The van der Waals surface area contributed by atoms with Crippen molar-refractivity contribution in [2.24, 2.45) is 0 Å². The van der Waals surface area contributed by atoms with E-state index in [0.717, 1.165) is 0 Å². The molecule has 6 nitrogen and oxygen atoms in total. The zero-order chi connectivity index (χ0) is 19.7. The molecule has 0 bridgehead atoms. The van der Waals surface area contributed by atoms with Gasteiger partial charge in [-0.1, -0.05) is 18.2 Å². The molecule has 0 radical (unpaired) electrons. The number of anilines is 1. The number of hydrogen-bond donors (Lipinski definition) is 2. The Hall–Kier alpha value is -3.58. The highest BCUT2D eigenvalue weighted by Crippen LogP contribution is 2.31. The number of nitrogens with zero attached hydrogens (tertiary/aromatic N) is 4. The Morgan fingerprint density at radius 2 is 2.04 bits per heavy atom. The van der Waals surface area contributed by atoms with Crippen LogP contribution in [0.1, 0.15) is 12.6 Å². The quantitative estimate of drug-likeness (QED) is 0.516. The molecule has 28 heavy (non-hydrogen) atoms. The fourth-order valence-corrected chi connectivity index (χ4v) is 3.12. The monoisotopic (exact) mass is 375 g/mol. The molecule has 0 saturated carbocycles. The van der Waals surface area contributed by atoms with Gasteiger partial charge in [0.2, 0.25) is 0 Å². The molecule has 4 rings (SSSR count). The second-order valence-corrected chi connectivity index (χ2v) is 6.30. The summed E-state index contributed by atoms with van der Waals surface area (Å²) in [5.41, 5.74) is 8.88. The Kier molecular flexibility index (Phi) is 4.58. The number of nitrogens with two attached hydrogens (primary N) is 1. The minimum atomic E-state index is -0.938. The molecule has 3 aromatic heterocycles. The minimum absolute atomic E-state index is 0.296. The van der Waals surface area contributed by atoms with Crippen molar-refractivity contribution in [1.82, 2.24) is 19.5 Å². The van der Waals surface area contributed by atoms with E-state index in [1.54, 1.807) is 53.2 Å². The molecule has 0 spiro atoms. The summed E-state index contributed by atoms with van der Waals surface area (Å²) >= 11 is 0. The summed E-state index contributed by atoms with van der Waals surface area (Å²) in [7, 11) is 0. The Morgan fingerprint density at radius 1 is 1.18 bits per heavy atom. The van der Waals surface area contributed by atoms with E-state index in [4.69, 9.17) is 5.73 Å². The average molecular weight is 375 g/mol. The molecule has 0 aliphatic carbocycles. The van der Waals surface area contributed by atoms with Gasteiger partial charge >= 0.3 is 0 Å². The van der Waals surface area contributed by atoms with Crippen molar-refractivity contribution in [2.45, 2.75) is 12.6 Å². The maximum atomic E-state index is 13.6. The predicted octanol–water partition coefficient (Wildman–Crippen LogP) is 3.95. The van der Waals surface area contributed by atoms with Gasteiger partial charge in [-0.15, -0.1) is 6.58 Å². The van der Waals surface area contributed by atoms with Crippen molar-refractivity contribution >= 4 is 17.0 Å². The molecular formula is C21H18FN5O. The molecule has 1 unspecified atom stereocenters. The standard InChI is InChI=1S/C21H18FN5O/c1-2-5-18(28)27-20(15-8-4-11-24-19(15)23)26-17-10-9-16(25-21(17)27)13-6-3-7-14(22)12-13/h2-4,6-12,18,28H,1,5H2,(H2,23,24). The van der Waals surface area contributed by atoms with Crippen LogP contribution >= 0.6 is 0 Å². The number of imidazole rings is 1. The molecule has 7 heteroatoms. The van der Waals surface area contributed by atoms with Gasteiger partial charge in [0.1, 0.15) is 29.2 Å². The molecule has 0 aliphatic rings. The zero-order valence-corrected chi connectivity index (χ0v) is 15.0. The lowest BCUT2D eigenvalue weighted by Crippen LogP contribution is -2.11. The van der Waals surface area contributed by atoms with Gasteiger partial charge in [0.05, 0.1) is 11.3 Å². The van der Waals surface area contributed by atoms with Crippen molar-refractivity contribution in [3.8, 4) is 22.6 Å². The van der Waals surface area contributed by atoms with Gasteiger partial charge in [-0.05, 0) is 36.4 Å². The van der Waals surface area contributed by atoms with Crippen molar-refractivity contribution in [3.05, 3.63) is 73.2 Å². The number of pyridine rings is 2. The normalized spacial score (nSPS) is 12.2. The van der Waals surface area contributed by atoms with Gasteiger partial charge in [0.25, 0.3) is 0 Å². The fourth-order valence-electron chi connectivity index (χ4n) is 3.12. The SMILES string of the molecule is C=CCC(O)n1c(-c2cccnc2N)nc2ccc(-c3cccc(F)c3)nc21. The lowest BCUT2D eigenvalue weighted by Gasteiger charge is -2.15. The molecule has 1 atom stereocenters. The van der Waals surface area contributed by atoms with Crippen LogP contribution in [0, 0.1) is 5.82 Å². The summed E-state index contributed by atoms with van der Waals surface area (Å²) in [6.45, 7) is 3.69. The Morgan fingerprint density at radius 3 is 2.79 bits per heavy atom. The van der Waals surface area contributed by atoms with Crippen molar-refractivity contribution in [1.29, 1.82) is 0 Å². The second-order valence-electron chi connectivity index (χ2n) is 6.30. The number of fused-ring (bicyclic) bond motifs is 1. The zero-order valence-electron chi connectivity index (χ0n) is 15.0. The number of halogens is 1. The van der Waals surface area contributed by atoms with Crippen LogP contribution in [0.5, 0.6) is 0 Å². The van der Waals surface area contributed by atoms with E-state index in [2.05, 4.69) is 21.5 Å². The van der Waals surface area contributed by atoms with Gasteiger partial charge in [-0.25, -0.2) is 19.3 Å². The first-order valence-electron chi connectivity index (χ1n) is 8.73. The molecule has 0 saturated heterocycles. The second kappa shape index (κ2) is 7.21. The van der Waals surface area contributed by atoms with Gasteiger partial charge in [0, 0.05) is 18.2 Å². The first-order chi connectivity index (χ1) is 13.6. The van der Waals surface area contributed by atoms with Crippen LogP contribution in [0.25, 0.3) is 33.8 Å². The van der Waals surface area contributed by atoms with Crippen LogP contribution in [0.15, 0.2) is 67.4 Å². The first-order valence-corrected chi connectivity index (χ1v) is 8.73. The number of nitrogen functional groups attached to an aromatic ring is 1. The number of aromatic nitrogens is 4. The maximum Gasteiger partial charge on any atom is 0.163 e. The summed E-state index contributed by atoms with van der Waals surface area (Å²) in [5, 5.41) is 10.7. The third-order valence-corrected chi connectivity index (χ3v) is 4.41. The van der Waals surface area contributed by atoms with E-state index >= 15 is 0 Å². The van der Waals surface area contributed by atoms with E-state index < -0.39 is 6.23 Å². The van der Waals surface area contributed by atoms with Crippen LogP contribution in [0.3, 0.4) is 0 Å². The minimum Gasteiger partial charge on any atom is -0.383 e. The molecule has 0 aliphatic heterocycles. The van der Waals surface area contributed by atoms with Crippen LogP contribution in [0.4, 0.5) is 10.2 Å². The number of rotatable bonds is 5. The molecule has 1 aromatic carbocycles. The summed E-state index contributed by atoms with van der Waals surface area (Å²) in [6.07, 6.45) is 2.56. The molecule has 0 amide bonds. The third-order valence-electron chi connectivity index (χ3n) is 4.41. The summed E-state index contributed by atoms with van der Waals surface area (Å²) in [5.74, 6) is 0.414. The predicted molar refractivity (Wildman–Crippen MR) is 107 cm³/mol. The molecule has 140 valence electrons. The Balaban J connectivity index is 1.97. The highest BCUT2D eigenvalue weighted by atomic mass is 19.1. The van der Waals surface area contributed by atoms with Crippen LogP contribution in [-0.2, 0) is 0 Å². The molecule has 3 heterocycles. The van der Waals surface area contributed by atoms with E-state index in [-0.39, 0.29) is 5.82 Å². The van der Waals surface area contributed by atoms with Gasteiger partial charge in [-0.2, -0.15) is 0 Å². The fraction of sp³-hybridized carbons (Fsp3) is 0.0952. The smallest absolute Gasteiger partial charge is 0.163 e. The van der Waals surface area contributed by atoms with E-state index in [0.29, 0.717) is 46.0 Å². The van der Waals surface area contributed by atoms with Gasteiger partial charge in [0.15, 0.2) is 5.65 Å². The number of aliphatic hydroxyl groups is 1. The van der Waals surface area contributed by atoms with E-state index in [9.17, 15) is 9.50 Å². The lowest BCUT2D eigenvalue weighted by atomic mass is 10.1. The van der Waals surface area contributed by atoms with Crippen molar-refractivity contribution < 1.29 is 9.50 Å². The largest absolute Gasteiger partial charge is 0.383 e. The van der Waals surface area contributed by atoms with E-state index in [1.807, 2.05) is 0 Å². The van der Waals surface area contributed by atoms with Gasteiger partial charge in [-0.3, -0.25) is 4.57 Å². The average Bonchev–Trinajstić information content (AvgIpc) is 3.07. The summed E-state index contributed by atoms with van der Waals surface area (Å²) in [4.78, 5) is 13.4. The first kappa shape index (κ1) is 17.8. The molecular weight excluding hydrogens is 357 g/mol. The number of hydrogen-bond acceptors (Lipinski definition) is 5. The Labute approximate surface area is 160 Å². The van der Waals surface area contributed by atoms with Crippen molar-refractivity contribution in [3.63, 3.8) is 0 Å². The molecule has 0 fully saturated rings. The summed E-state index contributed by atoms with van der Waals surface area (Å²) in [6, 6.07) is 13.3. The molecule has 4 aromatic rings. The topological polar surface area (TPSA) is 89.8 Å². The number of aliphatic hydroxyl groups excluding tert-OH is 1. The maximum absolute atomic E-state index is 13.6. The van der Waals surface area contributed by atoms with E-state index in [1.165, 1.54) is 12.1 Å². The highest BCUT2D eigenvalue weighted by Gasteiger charge is 2.21.